The molecule has 3 aromatic carbocycles. The summed E-state index contributed by atoms with van der Waals surface area (Å²) in [6, 6.07) is 27.1. The standard InChI is InChI=1S/C19H19N3O.C6H6BrN/c1-14-8-10-16(11-9-14)13-22-15(2)12-18(21-22)19(23)20-17-6-4-3-5-7-17;7-5-1-3-6(8)4-2-5/h3-12H,13H2,1-2H3,(H,20,23);1-4H,8H2. The fourth-order valence-corrected chi connectivity index (χ4v) is 3.09. The third-order valence-electron chi connectivity index (χ3n) is 4.57. The van der Waals surface area contributed by atoms with Gasteiger partial charge in [0.15, 0.2) is 5.69 Å². The molecule has 158 valence electrons. The van der Waals surface area contributed by atoms with E-state index in [0.717, 1.165) is 27.1 Å². The van der Waals surface area contributed by atoms with Gasteiger partial charge in [0.05, 0.1) is 6.54 Å². The largest absolute Gasteiger partial charge is 0.399 e. The fourth-order valence-electron chi connectivity index (χ4n) is 2.83. The van der Waals surface area contributed by atoms with Gasteiger partial charge in [-0.15, -0.1) is 0 Å². The van der Waals surface area contributed by atoms with Crippen molar-refractivity contribution in [1.82, 2.24) is 9.78 Å². The molecule has 0 unspecified atom stereocenters. The normalized spacial score (nSPS) is 10.2. The third kappa shape index (κ3) is 6.83. The molecule has 6 heteroatoms. The molecule has 0 radical (unpaired) electrons. The van der Waals surface area contributed by atoms with Crippen molar-refractivity contribution < 1.29 is 4.79 Å². The number of hydrogen-bond donors (Lipinski definition) is 2. The van der Waals surface area contributed by atoms with Crippen molar-refractivity contribution in [3.8, 4) is 0 Å². The molecule has 0 aliphatic carbocycles. The zero-order chi connectivity index (χ0) is 22.2. The summed E-state index contributed by atoms with van der Waals surface area (Å²) in [6.45, 7) is 4.68. The van der Waals surface area contributed by atoms with Gasteiger partial charge in [-0.25, -0.2) is 0 Å². The number of nitrogen functional groups attached to an aromatic ring is 1. The first kappa shape index (κ1) is 22.3. The molecule has 0 spiro atoms. The quantitative estimate of drug-likeness (QED) is 0.363. The summed E-state index contributed by atoms with van der Waals surface area (Å²) in [4.78, 5) is 12.3. The van der Waals surface area contributed by atoms with Crippen molar-refractivity contribution in [2.24, 2.45) is 0 Å². The molecule has 0 aliphatic rings. The maximum atomic E-state index is 12.3. The molecule has 0 saturated carbocycles. The highest BCUT2D eigenvalue weighted by Crippen LogP contribution is 2.12. The van der Waals surface area contributed by atoms with E-state index in [9.17, 15) is 4.79 Å². The van der Waals surface area contributed by atoms with E-state index < -0.39 is 0 Å². The summed E-state index contributed by atoms with van der Waals surface area (Å²) in [6.07, 6.45) is 0. The Morgan fingerprint density at radius 2 is 1.61 bits per heavy atom. The first-order valence-corrected chi connectivity index (χ1v) is 10.7. The molecule has 31 heavy (non-hydrogen) atoms. The van der Waals surface area contributed by atoms with Crippen LogP contribution in [-0.2, 0) is 6.54 Å². The topological polar surface area (TPSA) is 72.9 Å². The fraction of sp³-hybridized carbons (Fsp3) is 0.120. The van der Waals surface area contributed by atoms with Gasteiger partial charge >= 0.3 is 0 Å². The first-order chi connectivity index (χ1) is 14.9. The van der Waals surface area contributed by atoms with Crippen molar-refractivity contribution in [3.63, 3.8) is 0 Å². The Labute approximate surface area is 191 Å². The molecule has 4 rings (SSSR count). The van der Waals surface area contributed by atoms with Crippen LogP contribution in [0.2, 0.25) is 0 Å². The van der Waals surface area contributed by atoms with E-state index in [1.807, 2.05) is 72.3 Å². The number of aryl methyl sites for hydroxylation is 2. The molecule has 5 nitrogen and oxygen atoms in total. The number of benzene rings is 3. The maximum absolute atomic E-state index is 12.3. The van der Waals surface area contributed by atoms with Crippen LogP contribution in [0.5, 0.6) is 0 Å². The van der Waals surface area contributed by atoms with Crippen LogP contribution >= 0.6 is 15.9 Å². The van der Waals surface area contributed by atoms with Crippen LogP contribution in [-0.4, -0.2) is 15.7 Å². The number of hydrogen-bond acceptors (Lipinski definition) is 3. The summed E-state index contributed by atoms with van der Waals surface area (Å²) >= 11 is 3.29. The van der Waals surface area contributed by atoms with E-state index in [4.69, 9.17) is 5.73 Å². The second kappa shape index (κ2) is 10.6. The molecule has 3 N–H and O–H groups in total. The van der Waals surface area contributed by atoms with Crippen molar-refractivity contribution >= 4 is 33.2 Å². The highest BCUT2D eigenvalue weighted by molar-refractivity contribution is 9.10. The predicted molar refractivity (Wildman–Crippen MR) is 130 cm³/mol. The molecule has 0 fully saturated rings. The highest BCUT2D eigenvalue weighted by Gasteiger charge is 2.12. The van der Waals surface area contributed by atoms with Crippen LogP contribution in [0.4, 0.5) is 11.4 Å². The van der Waals surface area contributed by atoms with E-state index in [0.29, 0.717) is 12.2 Å². The van der Waals surface area contributed by atoms with Crippen LogP contribution in [0, 0.1) is 13.8 Å². The molecule has 0 saturated heterocycles. The van der Waals surface area contributed by atoms with Gasteiger partial charge in [-0.2, -0.15) is 5.10 Å². The smallest absolute Gasteiger partial charge is 0.276 e. The van der Waals surface area contributed by atoms with E-state index >= 15 is 0 Å². The summed E-state index contributed by atoms with van der Waals surface area (Å²) in [7, 11) is 0. The molecule has 0 atom stereocenters. The van der Waals surface area contributed by atoms with Gasteiger partial charge in [-0.1, -0.05) is 64.0 Å². The number of aromatic nitrogens is 2. The zero-order valence-electron chi connectivity index (χ0n) is 17.5. The van der Waals surface area contributed by atoms with Gasteiger partial charge in [-0.05, 0) is 61.9 Å². The van der Waals surface area contributed by atoms with Crippen LogP contribution in [0.1, 0.15) is 27.3 Å². The predicted octanol–water partition coefficient (Wildman–Crippen LogP) is 5.83. The third-order valence-corrected chi connectivity index (χ3v) is 5.10. The van der Waals surface area contributed by atoms with E-state index in [1.54, 1.807) is 0 Å². The number of nitrogens with one attached hydrogen (secondary N) is 1. The summed E-state index contributed by atoms with van der Waals surface area (Å²) in [5.74, 6) is -0.193. The van der Waals surface area contributed by atoms with Gasteiger partial charge in [-0.3, -0.25) is 9.48 Å². The van der Waals surface area contributed by atoms with Crippen LogP contribution < -0.4 is 11.1 Å². The Morgan fingerprint density at radius 3 is 2.23 bits per heavy atom. The molecule has 1 amide bonds. The van der Waals surface area contributed by atoms with Gasteiger partial charge in [0.1, 0.15) is 0 Å². The van der Waals surface area contributed by atoms with E-state index in [2.05, 4.69) is 57.5 Å². The van der Waals surface area contributed by atoms with Crippen LogP contribution in [0.15, 0.2) is 89.4 Å². The number of nitrogens with two attached hydrogens (primary N) is 1. The van der Waals surface area contributed by atoms with Crippen molar-refractivity contribution in [3.05, 3.63) is 112 Å². The Kier molecular flexibility index (Phi) is 7.62. The Hall–Kier alpha value is -3.38. The zero-order valence-corrected chi connectivity index (χ0v) is 19.1. The van der Waals surface area contributed by atoms with Gasteiger partial charge < -0.3 is 11.1 Å². The van der Waals surface area contributed by atoms with Crippen molar-refractivity contribution in [2.75, 3.05) is 11.1 Å². The number of para-hydroxylation sites is 1. The Balaban J connectivity index is 0.000000287. The highest BCUT2D eigenvalue weighted by atomic mass is 79.9. The monoisotopic (exact) mass is 476 g/mol. The molecule has 1 heterocycles. The minimum atomic E-state index is -0.193. The average Bonchev–Trinajstić information content (AvgIpc) is 3.13. The molecule has 0 aliphatic heterocycles. The molecular weight excluding hydrogens is 452 g/mol. The number of carbonyl (C=O) groups is 1. The van der Waals surface area contributed by atoms with Gasteiger partial charge in [0.25, 0.3) is 5.91 Å². The number of halogens is 1. The number of nitrogens with zero attached hydrogens (tertiary/aromatic N) is 2. The SMILES string of the molecule is Cc1ccc(Cn2nc(C(=O)Nc3ccccc3)cc2C)cc1.Nc1ccc(Br)cc1. The first-order valence-electron chi connectivity index (χ1n) is 9.88. The van der Waals surface area contributed by atoms with E-state index in [1.165, 1.54) is 5.56 Å². The second-order valence-electron chi connectivity index (χ2n) is 7.19. The Morgan fingerprint density at radius 1 is 0.968 bits per heavy atom. The molecule has 4 aromatic rings. The summed E-state index contributed by atoms with van der Waals surface area (Å²) < 4.78 is 2.91. The second-order valence-corrected chi connectivity index (χ2v) is 8.10. The molecular formula is C25H25BrN4O. The maximum Gasteiger partial charge on any atom is 0.276 e. The van der Waals surface area contributed by atoms with Crippen LogP contribution in [0.3, 0.4) is 0 Å². The lowest BCUT2D eigenvalue weighted by Gasteiger charge is -2.05. The average molecular weight is 477 g/mol. The van der Waals surface area contributed by atoms with E-state index in [-0.39, 0.29) is 5.91 Å². The van der Waals surface area contributed by atoms with Gasteiger partial charge in [0, 0.05) is 21.5 Å². The lowest BCUT2D eigenvalue weighted by molar-refractivity contribution is 0.102. The summed E-state index contributed by atoms with van der Waals surface area (Å²) in [5, 5.41) is 7.28. The number of carbonyl (C=O) groups excluding carboxylic acids is 1. The summed E-state index contributed by atoms with van der Waals surface area (Å²) in [5.41, 5.74) is 10.8. The lowest BCUT2D eigenvalue weighted by Crippen LogP contribution is -2.13. The minimum absolute atomic E-state index is 0.193. The number of anilines is 2. The number of amides is 1. The van der Waals surface area contributed by atoms with Crippen molar-refractivity contribution in [2.45, 2.75) is 20.4 Å². The van der Waals surface area contributed by atoms with Crippen LogP contribution in [0.25, 0.3) is 0 Å². The number of rotatable bonds is 4. The molecule has 1 aromatic heterocycles. The lowest BCUT2D eigenvalue weighted by atomic mass is 10.1. The van der Waals surface area contributed by atoms with Crippen molar-refractivity contribution in [1.29, 1.82) is 0 Å². The van der Waals surface area contributed by atoms with Gasteiger partial charge in [0.2, 0.25) is 0 Å². The molecule has 0 bridgehead atoms. The Bertz CT molecular complexity index is 1100. The minimum Gasteiger partial charge on any atom is -0.399 e.